The van der Waals surface area contributed by atoms with Crippen LogP contribution in [0, 0.1) is 10.1 Å². The molecule has 2 aromatic carbocycles. The summed E-state index contributed by atoms with van der Waals surface area (Å²) < 4.78 is 16.2. The van der Waals surface area contributed by atoms with Gasteiger partial charge in [-0.25, -0.2) is 4.98 Å². The summed E-state index contributed by atoms with van der Waals surface area (Å²) in [5, 5.41) is 14.5. The molecule has 1 aliphatic rings. The average molecular weight is 366 g/mol. The number of hydrogen-bond donors (Lipinski definition) is 1. The van der Waals surface area contributed by atoms with E-state index in [1.54, 1.807) is 30.3 Å². The second kappa shape index (κ2) is 7.16. The van der Waals surface area contributed by atoms with Crippen LogP contribution in [0.15, 0.2) is 54.9 Å². The lowest BCUT2D eigenvalue weighted by molar-refractivity contribution is -0.385. The average Bonchev–Trinajstić information content (AvgIpc) is 3.15. The fraction of sp³-hybridized carbons (Fsp3) is 0.111. The fourth-order valence-electron chi connectivity index (χ4n) is 2.57. The molecule has 0 spiro atoms. The van der Waals surface area contributed by atoms with Gasteiger partial charge < -0.3 is 19.5 Å². The standard InChI is InChI=1S/C18H14N4O5/c23-22(24)16-17(19-9-12-6-7-14-15(8-12)26-11-25-14)20-10-21-18(16)27-13-4-2-1-3-5-13/h1-8,10H,9,11H2,(H,19,20,21). The minimum atomic E-state index is -0.569. The molecule has 4 rings (SSSR count). The molecule has 9 heteroatoms. The molecular formula is C18H14N4O5. The Kier molecular flexibility index (Phi) is 4.40. The van der Waals surface area contributed by atoms with Crippen LogP contribution in [-0.2, 0) is 6.54 Å². The maximum Gasteiger partial charge on any atom is 0.373 e. The number of para-hydroxylation sites is 1. The maximum atomic E-state index is 11.6. The minimum Gasteiger partial charge on any atom is -0.454 e. The number of nitrogens with zero attached hydrogens (tertiary/aromatic N) is 3. The molecule has 0 unspecified atom stereocenters. The van der Waals surface area contributed by atoms with Gasteiger partial charge in [-0.15, -0.1) is 0 Å². The van der Waals surface area contributed by atoms with Crippen LogP contribution in [0.2, 0.25) is 0 Å². The Morgan fingerprint density at radius 1 is 1.11 bits per heavy atom. The van der Waals surface area contributed by atoms with Gasteiger partial charge in [0.15, 0.2) is 11.5 Å². The van der Waals surface area contributed by atoms with Gasteiger partial charge in [0.25, 0.3) is 0 Å². The highest BCUT2D eigenvalue weighted by Crippen LogP contribution is 2.35. The van der Waals surface area contributed by atoms with Gasteiger partial charge >= 0.3 is 11.6 Å². The Labute approximate surface area is 153 Å². The largest absolute Gasteiger partial charge is 0.454 e. The summed E-state index contributed by atoms with van der Waals surface area (Å²) >= 11 is 0. The normalized spacial score (nSPS) is 11.9. The van der Waals surface area contributed by atoms with Crippen LogP contribution in [-0.4, -0.2) is 21.7 Å². The number of ether oxygens (including phenoxy) is 3. The first-order chi connectivity index (χ1) is 13.2. The first-order valence-corrected chi connectivity index (χ1v) is 8.05. The lowest BCUT2D eigenvalue weighted by Crippen LogP contribution is -2.07. The molecule has 1 N–H and O–H groups in total. The summed E-state index contributed by atoms with van der Waals surface area (Å²) in [5.74, 6) is 1.69. The van der Waals surface area contributed by atoms with Crippen molar-refractivity contribution in [2.24, 2.45) is 0 Å². The SMILES string of the molecule is O=[N+]([O-])c1c(NCc2ccc3c(c2)OCO3)ncnc1Oc1ccccc1. The third-order valence-electron chi connectivity index (χ3n) is 3.83. The molecule has 136 valence electrons. The lowest BCUT2D eigenvalue weighted by atomic mass is 10.2. The highest BCUT2D eigenvalue weighted by atomic mass is 16.7. The first kappa shape index (κ1) is 16.6. The van der Waals surface area contributed by atoms with Crippen LogP contribution in [0.3, 0.4) is 0 Å². The van der Waals surface area contributed by atoms with Crippen LogP contribution < -0.4 is 19.5 Å². The molecule has 27 heavy (non-hydrogen) atoms. The van der Waals surface area contributed by atoms with Crippen LogP contribution >= 0.6 is 0 Å². The second-order valence-electron chi connectivity index (χ2n) is 5.59. The van der Waals surface area contributed by atoms with Crippen LogP contribution in [0.25, 0.3) is 0 Å². The highest BCUT2D eigenvalue weighted by Gasteiger charge is 2.25. The number of anilines is 1. The van der Waals surface area contributed by atoms with Gasteiger partial charge in [-0.1, -0.05) is 24.3 Å². The van der Waals surface area contributed by atoms with E-state index in [-0.39, 0.29) is 24.2 Å². The molecule has 0 bridgehead atoms. The highest BCUT2D eigenvalue weighted by molar-refractivity contribution is 5.62. The molecule has 0 radical (unpaired) electrons. The number of fused-ring (bicyclic) bond motifs is 1. The van der Waals surface area contributed by atoms with Crippen molar-refractivity contribution >= 4 is 11.5 Å². The smallest absolute Gasteiger partial charge is 0.373 e. The zero-order valence-corrected chi connectivity index (χ0v) is 14.0. The van der Waals surface area contributed by atoms with Crippen molar-refractivity contribution < 1.29 is 19.1 Å². The molecule has 0 fully saturated rings. The van der Waals surface area contributed by atoms with Gasteiger partial charge in [0.05, 0.1) is 4.92 Å². The summed E-state index contributed by atoms with van der Waals surface area (Å²) in [5.41, 5.74) is 0.528. The van der Waals surface area contributed by atoms with E-state index in [2.05, 4.69) is 15.3 Å². The topological polar surface area (TPSA) is 109 Å². The van der Waals surface area contributed by atoms with Crippen LogP contribution in [0.1, 0.15) is 5.56 Å². The quantitative estimate of drug-likeness (QED) is 0.521. The summed E-state index contributed by atoms with van der Waals surface area (Å²) in [6, 6.07) is 14.2. The van der Waals surface area contributed by atoms with Gasteiger partial charge in [0, 0.05) is 6.54 Å². The van der Waals surface area contributed by atoms with E-state index < -0.39 is 4.92 Å². The number of benzene rings is 2. The number of rotatable bonds is 6. The van der Waals surface area contributed by atoms with Gasteiger partial charge in [0.2, 0.25) is 12.6 Å². The predicted octanol–water partition coefficient (Wildman–Crippen LogP) is 3.52. The van der Waals surface area contributed by atoms with Crippen molar-refractivity contribution in [3.8, 4) is 23.1 Å². The Morgan fingerprint density at radius 3 is 2.74 bits per heavy atom. The van der Waals surface area contributed by atoms with E-state index in [0.717, 1.165) is 5.56 Å². The first-order valence-electron chi connectivity index (χ1n) is 8.05. The molecule has 3 aromatic rings. The van der Waals surface area contributed by atoms with E-state index in [1.807, 2.05) is 18.2 Å². The van der Waals surface area contributed by atoms with E-state index >= 15 is 0 Å². The van der Waals surface area contributed by atoms with E-state index in [0.29, 0.717) is 23.8 Å². The van der Waals surface area contributed by atoms with E-state index in [9.17, 15) is 10.1 Å². The third kappa shape index (κ3) is 3.56. The number of aromatic nitrogens is 2. The van der Waals surface area contributed by atoms with Crippen molar-refractivity contribution in [1.29, 1.82) is 0 Å². The molecule has 0 saturated carbocycles. The van der Waals surface area contributed by atoms with Crippen molar-refractivity contribution in [2.45, 2.75) is 6.54 Å². The van der Waals surface area contributed by atoms with Gasteiger partial charge in [-0.05, 0) is 29.8 Å². The molecule has 0 saturated heterocycles. The Balaban J connectivity index is 1.57. The van der Waals surface area contributed by atoms with Crippen molar-refractivity contribution in [2.75, 3.05) is 12.1 Å². The molecule has 2 heterocycles. The number of nitro groups is 1. The summed E-state index contributed by atoms with van der Waals surface area (Å²) in [4.78, 5) is 18.9. The van der Waals surface area contributed by atoms with Crippen molar-refractivity contribution in [3.63, 3.8) is 0 Å². The molecule has 0 atom stereocenters. The zero-order valence-electron chi connectivity index (χ0n) is 14.0. The number of hydrogen-bond acceptors (Lipinski definition) is 8. The predicted molar refractivity (Wildman–Crippen MR) is 95.1 cm³/mol. The molecule has 1 aliphatic heterocycles. The number of nitrogens with one attached hydrogen (secondary N) is 1. The summed E-state index contributed by atoms with van der Waals surface area (Å²) in [6.07, 6.45) is 1.22. The maximum absolute atomic E-state index is 11.6. The minimum absolute atomic E-state index is 0.0681. The van der Waals surface area contributed by atoms with Crippen molar-refractivity contribution in [3.05, 3.63) is 70.5 Å². The van der Waals surface area contributed by atoms with E-state index in [4.69, 9.17) is 14.2 Å². The van der Waals surface area contributed by atoms with E-state index in [1.165, 1.54) is 6.33 Å². The summed E-state index contributed by atoms with van der Waals surface area (Å²) in [7, 11) is 0. The molecular weight excluding hydrogens is 352 g/mol. The van der Waals surface area contributed by atoms with Gasteiger partial charge in [-0.3, -0.25) is 10.1 Å². The van der Waals surface area contributed by atoms with Crippen LogP contribution in [0.4, 0.5) is 11.5 Å². The summed E-state index contributed by atoms with van der Waals surface area (Å²) in [6.45, 7) is 0.489. The lowest BCUT2D eigenvalue weighted by Gasteiger charge is -2.09. The monoisotopic (exact) mass is 366 g/mol. The zero-order chi connectivity index (χ0) is 18.6. The Bertz CT molecular complexity index is 981. The Hall–Kier alpha value is -3.88. The molecule has 0 aliphatic carbocycles. The van der Waals surface area contributed by atoms with Crippen LogP contribution in [0.5, 0.6) is 23.1 Å². The molecule has 0 amide bonds. The third-order valence-corrected chi connectivity index (χ3v) is 3.83. The second-order valence-corrected chi connectivity index (χ2v) is 5.59. The van der Waals surface area contributed by atoms with Gasteiger partial charge in [0.1, 0.15) is 12.1 Å². The van der Waals surface area contributed by atoms with Crippen molar-refractivity contribution in [1.82, 2.24) is 9.97 Å². The fourth-order valence-corrected chi connectivity index (χ4v) is 2.57. The Morgan fingerprint density at radius 2 is 1.93 bits per heavy atom. The van der Waals surface area contributed by atoms with Gasteiger partial charge in [-0.2, -0.15) is 4.98 Å². The molecule has 1 aromatic heterocycles. The molecule has 9 nitrogen and oxygen atoms in total.